The fourth-order valence-corrected chi connectivity index (χ4v) is 2.75. The standard InChI is InChI=1S/C15H16BrN3OS/c1-3-8-17-14(20)10(2)21-15-18-9-13(19-15)11-4-6-12(16)7-5-11/h3-7,9-10H,1,8H2,2H3,(H,17,20)(H,18,19). The fraction of sp³-hybridized carbons (Fsp3) is 0.200. The van der Waals surface area contributed by atoms with E-state index in [1.54, 1.807) is 12.3 Å². The molecule has 1 heterocycles. The normalized spacial score (nSPS) is 11.9. The van der Waals surface area contributed by atoms with E-state index in [4.69, 9.17) is 0 Å². The SMILES string of the molecule is C=CCNC(=O)C(C)Sc1ncc(-c2ccc(Br)cc2)[nH]1. The van der Waals surface area contributed by atoms with Crippen LogP contribution >= 0.6 is 27.7 Å². The highest BCUT2D eigenvalue weighted by Crippen LogP contribution is 2.25. The molecule has 0 bridgehead atoms. The zero-order valence-corrected chi connectivity index (χ0v) is 14.0. The lowest BCUT2D eigenvalue weighted by Crippen LogP contribution is -2.30. The van der Waals surface area contributed by atoms with E-state index in [-0.39, 0.29) is 11.2 Å². The van der Waals surface area contributed by atoms with Gasteiger partial charge in [-0.2, -0.15) is 0 Å². The summed E-state index contributed by atoms with van der Waals surface area (Å²) in [5.41, 5.74) is 1.99. The Morgan fingerprint density at radius 2 is 2.24 bits per heavy atom. The molecule has 1 atom stereocenters. The first-order chi connectivity index (χ1) is 10.1. The average Bonchev–Trinajstić information content (AvgIpc) is 2.93. The summed E-state index contributed by atoms with van der Waals surface area (Å²) in [6.45, 7) is 5.91. The van der Waals surface area contributed by atoms with Crippen LogP contribution in [0.25, 0.3) is 11.3 Å². The molecule has 1 aromatic heterocycles. The summed E-state index contributed by atoms with van der Waals surface area (Å²) in [4.78, 5) is 19.3. The lowest BCUT2D eigenvalue weighted by atomic mass is 10.2. The molecule has 21 heavy (non-hydrogen) atoms. The van der Waals surface area contributed by atoms with E-state index in [2.05, 4.69) is 37.8 Å². The summed E-state index contributed by atoms with van der Waals surface area (Å²) in [5.74, 6) is -0.0264. The monoisotopic (exact) mass is 365 g/mol. The maximum Gasteiger partial charge on any atom is 0.233 e. The molecule has 1 unspecified atom stereocenters. The highest BCUT2D eigenvalue weighted by atomic mass is 79.9. The van der Waals surface area contributed by atoms with Gasteiger partial charge in [0.15, 0.2) is 5.16 Å². The van der Waals surface area contributed by atoms with Crippen molar-refractivity contribution in [1.82, 2.24) is 15.3 Å². The van der Waals surface area contributed by atoms with E-state index in [9.17, 15) is 4.79 Å². The molecule has 0 aliphatic heterocycles. The molecular formula is C15H16BrN3OS. The Kier molecular flexibility index (Phi) is 5.64. The first kappa shape index (κ1) is 15.9. The van der Waals surface area contributed by atoms with Crippen molar-refractivity contribution >= 4 is 33.6 Å². The molecule has 110 valence electrons. The lowest BCUT2D eigenvalue weighted by molar-refractivity contribution is -0.120. The second kappa shape index (κ2) is 7.47. The number of nitrogens with one attached hydrogen (secondary N) is 2. The van der Waals surface area contributed by atoms with Crippen LogP contribution in [0.2, 0.25) is 0 Å². The van der Waals surface area contributed by atoms with E-state index < -0.39 is 0 Å². The molecule has 2 rings (SSSR count). The molecule has 6 heteroatoms. The third kappa shape index (κ3) is 4.47. The van der Waals surface area contributed by atoms with E-state index in [1.807, 2.05) is 31.2 Å². The molecule has 0 saturated heterocycles. The van der Waals surface area contributed by atoms with Crippen molar-refractivity contribution in [3.8, 4) is 11.3 Å². The van der Waals surface area contributed by atoms with Gasteiger partial charge in [0.1, 0.15) is 0 Å². The number of H-pyrrole nitrogens is 1. The molecule has 0 spiro atoms. The molecule has 0 aliphatic rings. The highest BCUT2D eigenvalue weighted by Gasteiger charge is 2.15. The van der Waals surface area contributed by atoms with Gasteiger partial charge in [0.2, 0.25) is 5.91 Å². The smallest absolute Gasteiger partial charge is 0.233 e. The number of hydrogen-bond acceptors (Lipinski definition) is 3. The number of aromatic nitrogens is 2. The summed E-state index contributed by atoms with van der Waals surface area (Å²) in [5, 5.41) is 3.29. The Bertz CT molecular complexity index is 624. The molecule has 0 radical (unpaired) electrons. The zero-order chi connectivity index (χ0) is 15.2. The Morgan fingerprint density at radius 1 is 1.52 bits per heavy atom. The summed E-state index contributed by atoms with van der Waals surface area (Å²) in [6, 6.07) is 7.97. The molecule has 1 amide bonds. The van der Waals surface area contributed by atoms with Crippen LogP contribution in [-0.4, -0.2) is 27.7 Å². The Morgan fingerprint density at radius 3 is 2.90 bits per heavy atom. The third-order valence-corrected chi connectivity index (χ3v) is 4.31. The van der Waals surface area contributed by atoms with Gasteiger partial charge in [0.25, 0.3) is 0 Å². The van der Waals surface area contributed by atoms with Crippen molar-refractivity contribution in [3.05, 3.63) is 47.6 Å². The molecule has 2 aromatic rings. The van der Waals surface area contributed by atoms with Crippen LogP contribution in [0.4, 0.5) is 0 Å². The Labute approximate surface area is 136 Å². The zero-order valence-electron chi connectivity index (χ0n) is 11.6. The number of rotatable bonds is 6. The fourth-order valence-electron chi connectivity index (χ4n) is 1.68. The average molecular weight is 366 g/mol. The number of carbonyl (C=O) groups excluding carboxylic acids is 1. The largest absolute Gasteiger partial charge is 0.352 e. The van der Waals surface area contributed by atoms with Gasteiger partial charge in [-0.3, -0.25) is 4.79 Å². The summed E-state index contributed by atoms with van der Waals surface area (Å²) >= 11 is 4.81. The van der Waals surface area contributed by atoms with Crippen molar-refractivity contribution in [2.24, 2.45) is 0 Å². The molecular weight excluding hydrogens is 350 g/mol. The van der Waals surface area contributed by atoms with Crippen LogP contribution in [0.3, 0.4) is 0 Å². The summed E-state index contributed by atoms with van der Waals surface area (Å²) in [7, 11) is 0. The molecule has 0 saturated carbocycles. The van der Waals surface area contributed by atoms with Crippen LogP contribution in [-0.2, 0) is 4.79 Å². The highest BCUT2D eigenvalue weighted by molar-refractivity contribution is 9.10. The second-order valence-electron chi connectivity index (χ2n) is 4.40. The predicted molar refractivity (Wildman–Crippen MR) is 90.2 cm³/mol. The quantitative estimate of drug-likeness (QED) is 0.607. The number of halogens is 1. The number of hydrogen-bond donors (Lipinski definition) is 2. The number of imidazole rings is 1. The number of thioether (sulfide) groups is 1. The molecule has 4 nitrogen and oxygen atoms in total. The number of nitrogens with zero attached hydrogens (tertiary/aromatic N) is 1. The van der Waals surface area contributed by atoms with Crippen molar-refractivity contribution in [2.45, 2.75) is 17.3 Å². The second-order valence-corrected chi connectivity index (χ2v) is 6.65. The van der Waals surface area contributed by atoms with Crippen molar-refractivity contribution < 1.29 is 4.79 Å². The predicted octanol–water partition coefficient (Wildman–Crippen LogP) is 3.62. The molecule has 0 fully saturated rings. The van der Waals surface area contributed by atoms with Crippen LogP contribution < -0.4 is 5.32 Å². The van der Waals surface area contributed by atoms with Crippen LogP contribution in [0.15, 0.2) is 52.7 Å². The van der Waals surface area contributed by atoms with E-state index in [1.165, 1.54) is 11.8 Å². The van der Waals surface area contributed by atoms with Crippen molar-refractivity contribution in [2.75, 3.05) is 6.54 Å². The lowest BCUT2D eigenvalue weighted by Gasteiger charge is -2.08. The Balaban J connectivity index is 2.01. The van der Waals surface area contributed by atoms with Crippen LogP contribution in [0.5, 0.6) is 0 Å². The van der Waals surface area contributed by atoms with Gasteiger partial charge in [-0.1, -0.05) is 45.9 Å². The van der Waals surface area contributed by atoms with Gasteiger partial charge in [-0.15, -0.1) is 6.58 Å². The minimum atomic E-state index is -0.214. The molecule has 2 N–H and O–H groups in total. The van der Waals surface area contributed by atoms with Crippen molar-refractivity contribution in [1.29, 1.82) is 0 Å². The van der Waals surface area contributed by atoms with E-state index >= 15 is 0 Å². The minimum Gasteiger partial charge on any atom is -0.352 e. The van der Waals surface area contributed by atoms with Gasteiger partial charge in [0, 0.05) is 11.0 Å². The minimum absolute atomic E-state index is 0.0264. The first-order valence-corrected chi connectivity index (χ1v) is 8.13. The van der Waals surface area contributed by atoms with Crippen LogP contribution in [0, 0.1) is 0 Å². The third-order valence-electron chi connectivity index (χ3n) is 2.79. The van der Waals surface area contributed by atoms with E-state index in [0.29, 0.717) is 6.54 Å². The van der Waals surface area contributed by atoms with Gasteiger partial charge in [-0.25, -0.2) is 4.98 Å². The molecule has 1 aromatic carbocycles. The van der Waals surface area contributed by atoms with Crippen LogP contribution in [0.1, 0.15) is 6.92 Å². The number of carbonyl (C=O) groups is 1. The van der Waals surface area contributed by atoms with Gasteiger partial charge < -0.3 is 10.3 Å². The molecule has 0 aliphatic carbocycles. The van der Waals surface area contributed by atoms with Gasteiger partial charge >= 0.3 is 0 Å². The van der Waals surface area contributed by atoms with Crippen molar-refractivity contribution in [3.63, 3.8) is 0 Å². The summed E-state index contributed by atoms with van der Waals surface area (Å²) in [6.07, 6.45) is 3.44. The maximum absolute atomic E-state index is 11.8. The topological polar surface area (TPSA) is 57.8 Å². The number of aromatic amines is 1. The first-order valence-electron chi connectivity index (χ1n) is 6.46. The van der Waals surface area contributed by atoms with Gasteiger partial charge in [-0.05, 0) is 24.6 Å². The maximum atomic E-state index is 11.8. The van der Waals surface area contributed by atoms with Gasteiger partial charge in [0.05, 0.1) is 17.1 Å². The summed E-state index contributed by atoms with van der Waals surface area (Å²) < 4.78 is 1.04. The Hall–Kier alpha value is -1.53. The number of benzene rings is 1. The van der Waals surface area contributed by atoms with E-state index in [0.717, 1.165) is 20.9 Å². The number of amides is 1.